The molecule has 1 aliphatic rings. The quantitative estimate of drug-likeness (QED) is 0.483. The number of nitrogens with zero attached hydrogens (tertiary/aromatic N) is 4. The zero-order valence-corrected chi connectivity index (χ0v) is 19.6. The average Bonchev–Trinajstić information content (AvgIpc) is 3.18. The maximum absolute atomic E-state index is 13.6. The number of nitrogens with one attached hydrogen (secondary N) is 1. The predicted molar refractivity (Wildman–Crippen MR) is 133 cm³/mol. The molecule has 1 aliphatic heterocycles. The van der Waals surface area contributed by atoms with Gasteiger partial charge in [-0.25, -0.2) is 0 Å². The zero-order valence-electron chi connectivity index (χ0n) is 19.6. The van der Waals surface area contributed by atoms with Crippen LogP contribution >= 0.6 is 0 Å². The number of carbonyl (C=O) groups is 2. The number of carbonyl (C=O) groups excluding carboxylic acids is 2. The first-order chi connectivity index (χ1) is 17.1. The Kier molecular flexibility index (Phi) is 6.54. The van der Waals surface area contributed by atoms with E-state index in [4.69, 9.17) is 4.74 Å². The number of aromatic nitrogens is 3. The lowest BCUT2D eigenvalue weighted by Gasteiger charge is -2.25. The van der Waals surface area contributed by atoms with Gasteiger partial charge < -0.3 is 15.0 Å². The van der Waals surface area contributed by atoms with Gasteiger partial charge in [0.2, 0.25) is 0 Å². The molecular weight excluding hydrogens is 442 g/mol. The molecule has 2 aromatic heterocycles. The van der Waals surface area contributed by atoms with E-state index in [9.17, 15) is 9.59 Å². The van der Waals surface area contributed by atoms with Gasteiger partial charge in [0.15, 0.2) is 5.69 Å². The van der Waals surface area contributed by atoms with Crippen molar-refractivity contribution in [2.45, 2.75) is 6.42 Å². The van der Waals surface area contributed by atoms with Crippen molar-refractivity contribution in [1.82, 2.24) is 19.7 Å². The van der Waals surface area contributed by atoms with Gasteiger partial charge in [0.25, 0.3) is 11.8 Å². The Labute approximate surface area is 203 Å². The smallest absolute Gasteiger partial charge is 0.276 e. The number of rotatable bonds is 5. The molecule has 1 N–H and O–H groups in total. The number of aryl methyl sites for hydroxylation is 1. The molecule has 2 amide bonds. The normalized spacial score (nSPS) is 16.1. The van der Waals surface area contributed by atoms with Gasteiger partial charge in [-0.2, -0.15) is 5.10 Å². The molecule has 8 nitrogen and oxygen atoms in total. The molecule has 0 saturated carbocycles. The van der Waals surface area contributed by atoms with E-state index in [0.29, 0.717) is 43.2 Å². The minimum absolute atomic E-state index is 0.128. The Morgan fingerprint density at radius 3 is 2.86 bits per heavy atom. The van der Waals surface area contributed by atoms with E-state index in [1.165, 1.54) is 5.56 Å². The first kappa shape index (κ1) is 22.7. The van der Waals surface area contributed by atoms with Gasteiger partial charge in [-0.15, -0.1) is 0 Å². The van der Waals surface area contributed by atoms with Crippen LogP contribution in [-0.2, 0) is 18.2 Å². The fraction of sp³-hybridized carbons (Fsp3) is 0.259. The molecule has 1 atom stereocenters. The fourth-order valence-corrected chi connectivity index (χ4v) is 4.53. The van der Waals surface area contributed by atoms with Crippen LogP contribution in [0.1, 0.15) is 26.4 Å². The summed E-state index contributed by atoms with van der Waals surface area (Å²) in [6.07, 6.45) is 6.18. The maximum atomic E-state index is 13.6. The summed E-state index contributed by atoms with van der Waals surface area (Å²) < 4.78 is 7.44. The molecular formula is C27H27N5O3. The number of pyridine rings is 1. The molecule has 5 rings (SSSR count). The maximum Gasteiger partial charge on any atom is 0.276 e. The Hall–Kier alpha value is -4.04. The summed E-state index contributed by atoms with van der Waals surface area (Å²) in [6, 6.07) is 17.0. The Balaban J connectivity index is 1.34. The van der Waals surface area contributed by atoms with Gasteiger partial charge in [-0.1, -0.05) is 30.3 Å². The summed E-state index contributed by atoms with van der Waals surface area (Å²) in [5.74, 6) is -0.341. The summed E-state index contributed by atoms with van der Waals surface area (Å²) in [5, 5.41) is 9.26. The van der Waals surface area contributed by atoms with Crippen molar-refractivity contribution in [3.05, 3.63) is 90.0 Å². The number of para-hydroxylation sites is 1. The molecule has 0 radical (unpaired) electrons. The molecule has 2 aromatic carbocycles. The van der Waals surface area contributed by atoms with E-state index in [1.807, 2.05) is 17.2 Å². The van der Waals surface area contributed by atoms with Crippen LogP contribution in [0.25, 0.3) is 10.8 Å². The van der Waals surface area contributed by atoms with Gasteiger partial charge in [0.1, 0.15) is 0 Å². The number of hydrogen-bond donors (Lipinski definition) is 1. The van der Waals surface area contributed by atoms with Crippen LogP contribution in [0, 0.1) is 5.92 Å². The first-order valence-corrected chi connectivity index (χ1v) is 11.7. The minimum atomic E-state index is -0.354. The summed E-state index contributed by atoms with van der Waals surface area (Å²) in [6.45, 7) is 2.12. The Morgan fingerprint density at radius 2 is 2.00 bits per heavy atom. The molecule has 178 valence electrons. The highest BCUT2D eigenvalue weighted by atomic mass is 16.5. The standard InChI is InChI=1S/C27H27N5O3/c1-31-12-10-25(30-31)26(33)29-24-8-3-2-7-22(24)27(34)32-13-14-35-18-19(17-32)15-21-6-4-5-20-9-11-28-16-23(20)21/h2-12,16,19H,13-15,17-18H2,1H3,(H,29,33). The lowest BCUT2D eigenvalue weighted by atomic mass is 9.95. The highest BCUT2D eigenvalue weighted by Crippen LogP contribution is 2.24. The summed E-state index contributed by atoms with van der Waals surface area (Å²) in [4.78, 5) is 32.4. The van der Waals surface area contributed by atoms with Crippen molar-refractivity contribution in [1.29, 1.82) is 0 Å². The van der Waals surface area contributed by atoms with Gasteiger partial charge >= 0.3 is 0 Å². The van der Waals surface area contributed by atoms with Crippen molar-refractivity contribution in [3.63, 3.8) is 0 Å². The van der Waals surface area contributed by atoms with Crippen LogP contribution in [0.3, 0.4) is 0 Å². The first-order valence-electron chi connectivity index (χ1n) is 11.7. The molecule has 4 aromatic rings. The minimum Gasteiger partial charge on any atom is -0.379 e. The number of amides is 2. The summed E-state index contributed by atoms with van der Waals surface area (Å²) in [7, 11) is 1.75. The van der Waals surface area contributed by atoms with Crippen LogP contribution < -0.4 is 5.32 Å². The van der Waals surface area contributed by atoms with Gasteiger partial charge in [0.05, 0.1) is 24.5 Å². The van der Waals surface area contributed by atoms with Crippen LogP contribution in [0.15, 0.2) is 73.2 Å². The van der Waals surface area contributed by atoms with Crippen LogP contribution in [-0.4, -0.2) is 57.8 Å². The molecule has 1 saturated heterocycles. The fourth-order valence-electron chi connectivity index (χ4n) is 4.53. The third-order valence-electron chi connectivity index (χ3n) is 6.26. The lowest BCUT2D eigenvalue weighted by Crippen LogP contribution is -2.37. The number of hydrogen-bond acceptors (Lipinski definition) is 5. The van der Waals surface area contributed by atoms with E-state index in [0.717, 1.165) is 17.2 Å². The topological polar surface area (TPSA) is 89.4 Å². The van der Waals surface area contributed by atoms with Gasteiger partial charge in [-0.3, -0.25) is 19.3 Å². The Morgan fingerprint density at radius 1 is 1.11 bits per heavy atom. The monoisotopic (exact) mass is 469 g/mol. The van der Waals surface area contributed by atoms with Crippen LogP contribution in [0.4, 0.5) is 5.69 Å². The van der Waals surface area contributed by atoms with Crippen molar-refractivity contribution in [2.75, 3.05) is 31.6 Å². The molecule has 0 spiro atoms. The highest BCUT2D eigenvalue weighted by molar-refractivity contribution is 6.08. The number of ether oxygens (including phenoxy) is 1. The number of benzene rings is 2. The molecule has 1 fully saturated rings. The van der Waals surface area contributed by atoms with Crippen LogP contribution in [0.5, 0.6) is 0 Å². The third-order valence-corrected chi connectivity index (χ3v) is 6.26. The zero-order chi connectivity index (χ0) is 24.2. The predicted octanol–water partition coefficient (Wildman–Crippen LogP) is 3.55. The second kappa shape index (κ2) is 10.1. The Bertz CT molecular complexity index is 1360. The molecule has 3 heterocycles. The molecule has 0 bridgehead atoms. The van der Waals surface area contributed by atoms with Crippen molar-refractivity contribution in [2.24, 2.45) is 13.0 Å². The molecule has 0 aliphatic carbocycles. The summed E-state index contributed by atoms with van der Waals surface area (Å²) in [5.41, 5.74) is 2.41. The molecule has 35 heavy (non-hydrogen) atoms. The molecule has 1 unspecified atom stereocenters. The average molecular weight is 470 g/mol. The van der Waals surface area contributed by atoms with E-state index < -0.39 is 0 Å². The van der Waals surface area contributed by atoms with Crippen LogP contribution in [0.2, 0.25) is 0 Å². The van der Waals surface area contributed by atoms with E-state index in [1.54, 1.807) is 54.5 Å². The van der Waals surface area contributed by atoms with Gasteiger partial charge in [0, 0.05) is 50.0 Å². The molecule has 8 heteroatoms. The van der Waals surface area contributed by atoms with Crippen molar-refractivity contribution >= 4 is 28.3 Å². The largest absolute Gasteiger partial charge is 0.379 e. The van der Waals surface area contributed by atoms with Crippen molar-refractivity contribution in [3.8, 4) is 0 Å². The van der Waals surface area contributed by atoms with Gasteiger partial charge in [-0.05, 0) is 41.6 Å². The van der Waals surface area contributed by atoms with E-state index in [2.05, 4.69) is 33.6 Å². The number of anilines is 1. The van der Waals surface area contributed by atoms with E-state index >= 15 is 0 Å². The second-order valence-corrected chi connectivity index (χ2v) is 8.78. The van der Waals surface area contributed by atoms with Crippen molar-refractivity contribution < 1.29 is 14.3 Å². The van der Waals surface area contributed by atoms with E-state index in [-0.39, 0.29) is 17.7 Å². The SMILES string of the molecule is Cn1ccc(C(=O)Nc2ccccc2C(=O)N2CCOCC(Cc3cccc4ccncc34)C2)n1. The number of fused-ring (bicyclic) bond motifs is 1. The summed E-state index contributed by atoms with van der Waals surface area (Å²) >= 11 is 0. The second-order valence-electron chi connectivity index (χ2n) is 8.78. The third kappa shape index (κ3) is 5.07. The lowest BCUT2D eigenvalue weighted by molar-refractivity contribution is 0.0738. The highest BCUT2D eigenvalue weighted by Gasteiger charge is 2.26.